The van der Waals surface area contributed by atoms with E-state index in [-0.39, 0.29) is 0 Å². The Morgan fingerprint density at radius 3 is 2.68 bits per heavy atom. The van der Waals surface area contributed by atoms with Crippen LogP contribution in [0.2, 0.25) is 5.02 Å². The molecule has 3 rings (SSSR count). The average molecular weight is 335 g/mol. The summed E-state index contributed by atoms with van der Waals surface area (Å²) in [6.07, 6.45) is 0. The number of aromatic nitrogens is 1. The molecule has 0 saturated heterocycles. The van der Waals surface area contributed by atoms with Crippen LogP contribution in [0.4, 0.5) is 5.13 Å². The number of hydrogen-bond acceptors (Lipinski definition) is 5. The zero-order valence-electron chi connectivity index (χ0n) is 12.2. The maximum absolute atomic E-state index is 5.98. The van der Waals surface area contributed by atoms with Crippen molar-refractivity contribution in [1.82, 2.24) is 4.98 Å². The molecule has 0 saturated carbocycles. The van der Waals surface area contributed by atoms with Gasteiger partial charge in [-0.15, -0.1) is 0 Å². The number of thiazole rings is 1. The number of rotatable bonds is 5. The minimum Gasteiger partial charge on any atom is -0.493 e. The molecule has 0 aliphatic carbocycles. The van der Waals surface area contributed by atoms with Gasteiger partial charge in [-0.3, -0.25) is 0 Å². The van der Waals surface area contributed by atoms with Crippen molar-refractivity contribution in [3.05, 3.63) is 47.0 Å². The van der Waals surface area contributed by atoms with Crippen LogP contribution in [0.15, 0.2) is 36.4 Å². The maximum atomic E-state index is 5.98. The van der Waals surface area contributed by atoms with Crippen LogP contribution in [0.25, 0.3) is 10.2 Å². The van der Waals surface area contributed by atoms with Crippen molar-refractivity contribution >= 4 is 38.3 Å². The van der Waals surface area contributed by atoms with Crippen molar-refractivity contribution in [2.45, 2.75) is 6.54 Å². The summed E-state index contributed by atoms with van der Waals surface area (Å²) in [5.74, 6) is 1.44. The summed E-state index contributed by atoms with van der Waals surface area (Å²) in [6, 6.07) is 11.6. The molecule has 0 fully saturated rings. The van der Waals surface area contributed by atoms with Crippen molar-refractivity contribution < 1.29 is 9.47 Å². The number of nitrogens with one attached hydrogen (secondary N) is 1. The minimum atomic E-state index is 0.661. The largest absolute Gasteiger partial charge is 0.493 e. The summed E-state index contributed by atoms with van der Waals surface area (Å²) in [6.45, 7) is 0.661. The van der Waals surface area contributed by atoms with Crippen LogP contribution in [0.1, 0.15) is 5.56 Å². The standard InChI is InChI=1S/C16H15ClN2O2S/c1-20-13-5-3-10(7-14(13)21-2)9-18-16-19-12-8-11(17)4-6-15(12)22-16/h3-8H,9H2,1-2H3,(H,18,19). The Kier molecular flexibility index (Phi) is 4.36. The number of methoxy groups -OCH3 is 2. The zero-order chi connectivity index (χ0) is 15.5. The minimum absolute atomic E-state index is 0.661. The fourth-order valence-electron chi connectivity index (χ4n) is 2.14. The lowest BCUT2D eigenvalue weighted by Crippen LogP contribution is -2.00. The van der Waals surface area contributed by atoms with Gasteiger partial charge in [0.2, 0.25) is 0 Å². The number of anilines is 1. The predicted octanol–water partition coefficient (Wildman–Crippen LogP) is 4.58. The van der Waals surface area contributed by atoms with Gasteiger partial charge < -0.3 is 14.8 Å². The number of halogens is 1. The Labute approximate surface area is 137 Å². The summed E-state index contributed by atoms with van der Waals surface area (Å²) in [4.78, 5) is 4.53. The SMILES string of the molecule is COc1ccc(CNc2nc3cc(Cl)ccc3s2)cc1OC. The van der Waals surface area contributed by atoms with Crippen LogP contribution in [0.3, 0.4) is 0 Å². The summed E-state index contributed by atoms with van der Waals surface area (Å²) in [7, 11) is 3.26. The summed E-state index contributed by atoms with van der Waals surface area (Å²) < 4.78 is 11.7. The van der Waals surface area contributed by atoms with Gasteiger partial charge in [-0.2, -0.15) is 0 Å². The zero-order valence-corrected chi connectivity index (χ0v) is 13.8. The first-order valence-corrected chi connectivity index (χ1v) is 7.90. The smallest absolute Gasteiger partial charge is 0.184 e. The highest BCUT2D eigenvalue weighted by Gasteiger charge is 2.07. The second-order valence-corrected chi connectivity index (χ2v) is 6.14. The highest BCUT2D eigenvalue weighted by atomic mass is 35.5. The van der Waals surface area contributed by atoms with E-state index in [1.165, 1.54) is 0 Å². The van der Waals surface area contributed by atoms with Crippen molar-refractivity contribution in [3.63, 3.8) is 0 Å². The maximum Gasteiger partial charge on any atom is 0.184 e. The van der Waals surface area contributed by atoms with Gasteiger partial charge in [-0.25, -0.2) is 4.98 Å². The Balaban J connectivity index is 1.76. The van der Waals surface area contributed by atoms with Crippen LogP contribution in [0, 0.1) is 0 Å². The van der Waals surface area contributed by atoms with E-state index in [0.29, 0.717) is 11.6 Å². The van der Waals surface area contributed by atoms with Gasteiger partial charge in [-0.05, 0) is 35.9 Å². The van der Waals surface area contributed by atoms with E-state index in [2.05, 4.69) is 10.3 Å². The topological polar surface area (TPSA) is 43.4 Å². The van der Waals surface area contributed by atoms with Gasteiger partial charge in [0.1, 0.15) is 0 Å². The van der Waals surface area contributed by atoms with E-state index >= 15 is 0 Å². The first-order chi connectivity index (χ1) is 10.7. The van der Waals surface area contributed by atoms with Crippen LogP contribution < -0.4 is 14.8 Å². The van der Waals surface area contributed by atoms with E-state index in [1.54, 1.807) is 25.6 Å². The Hall–Kier alpha value is -1.98. The highest BCUT2D eigenvalue weighted by Crippen LogP contribution is 2.30. The second-order valence-electron chi connectivity index (χ2n) is 4.67. The van der Waals surface area contributed by atoms with Crippen molar-refractivity contribution in [3.8, 4) is 11.5 Å². The Morgan fingerprint density at radius 2 is 1.91 bits per heavy atom. The van der Waals surface area contributed by atoms with Gasteiger partial charge in [0.15, 0.2) is 16.6 Å². The van der Waals surface area contributed by atoms with Crippen LogP contribution >= 0.6 is 22.9 Å². The number of fused-ring (bicyclic) bond motifs is 1. The van der Waals surface area contributed by atoms with Crippen molar-refractivity contribution in [1.29, 1.82) is 0 Å². The van der Waals surface area contributed by atoms with Gasteiger partial charge in [0, 0.05) is 11.6 Å². The van der Waals surface area contributed by atoms with E-state index in [0.717, 1.165) is 32.4 Å². The molecular formula is C16H15ClN2O2S. The van der Waals surface area contributed by atoms with Gasteiger partial charge in [0.05, 0.1) is 24.4 Å². The lowest BCUT2D eigenvalue weighted by Gasteiger charge is -2.09. The molecule has 1 heterocycles. The molecule has 1 N–H and O–H groups in total. The quantitative estimate of drug-likeness (QED) is 0.741. The average Bonchev–Trinajstić information content (AvgIpc) is 2.94. The first-order valence-electron chi connectivity index (χ1n) is 6.70. The van der Waals surface area contributed by atoms with Crippen LogP contribution in [-0.2, 0) is 6.54 Å². The Bertz CT molecular complexity index is 804. The van der Waals surface area contributed by atoms with Crippen LogP contribution in [0.5, 0.6) is 11.5 Å². The molecule has 4 nitrogen and oxygen atoms in total. The fourth-order valence-corrected chi connectivity index (χ4v) is 3.15. The molecule has 3 aromatic rings. The van der Waals surface area contributed by atoms with E-state index in [4.69, 9.17) is 21.1 Å². The van der Waals surface area contributed by atoms with E-state index in [9.17, 15) is 0 Å². The van der Waals surface area contributed by atoms with Gasteiger partial charge in [-0.1, -0.05) is 29.0 Å². The molecule has 0 bridgehead atoms. The molecule has 2 aromatic carbocycles. The molecule has 22 heavy (non-hydrogen) atoms. The van der Waals surface area contributed by atoms with E-state index in [1.807, 2.05) is 36.4 Å². The van der Waals surface area contributed by atoms with E-state index < -0.39 is 0 Å². The normalized spacial score (nSPS) is 10.7. The van der Waals surface area contributed by atoms with Gasteiger partial charge >= 0.3 is 0 Å². The predicted molar refractivity (Wildman–Crippen MR) is 91.5 cm³/mol. The fraction of sp³-hybridized carbons (Fsp3) is 0.188. The number of nitrogens with zero attached hydrogens (tertiary/aromatic N) is 1. The second kappa shape index (κ2) is 6.42. The molecule has 114 valence electrons. The lowest BCUT2D eigenvalue weighted by atomic mass is 10.2. The molecule has 0 amide bonds. The molecule has 1 aromatic heterocycles. The van der Waals surface area contributed by atoms with Crippen molar-refractivity contribution in [2.24, 2.45) is 0 Å². The molecule has 0 atom stereocenters. The number of hydrogen-bond donors (Lipinski definition) is 1. The third-order valence-electron chi connectivity index (χ3n) is 3.24. The molecule has 0 unspecified atom stereocenters. The van der Waals surface area contributed by atoms with Crippen molar-refractivity contribution in [2.75, 3.05) is 19.5 Å². The molecular weight excluding hydrogens is 320 g/mol. The molecule has 0 radical (unpaired) electrons. The summed E-state index contributed by atoms with van der Waals surface area (Å²) in [5, 5.41) is 4.89. The third-order valence-corrected chi connectivity index (χ3v) is 4.47. The molecule has 0 aliphatic rings. The third kappa shape index (κ3) is 3.10. The molecule has 0 aliphatic heterocycles. The van der Waals surface area contributed by atoms with Gasteiger partial charge in [0.25, 0.3) is 0 Å². The van der Waals surface area contributed by atoms with Crippen LogP contribution in [-0.4, -0.2) is 19.2 Å². The Morgan fingerprint density at radius 1 is 1.09 bits per heavy atom. The monoisotopic (exact) mass is 334 g/mol. The summed E-state index contributed by atoms with van der Waals surface area (Å²) in [5.41, 5.74) is 2.00. The first kappa shape index (κ1) is 14.9. The lowest BCUT2D eigenvalue weighted by molar-refractivity contribution is 0.354. The highest BCUT2D eigenvalue weighted by molar-refractivity contribution is 7.22. The summed E-state index contributed by atoms with van der Waals surface area (Å²) >= 11 is 7.59. The molecule has 0 spiro atoms. The number of benzene rings is 2. The number of ether oxygens (including phenoxy) is 2. The molecule has 6 heteroatoms.